The van der Waals surface area contributed by atoms with Gasteiger partial charge in [-0.1, -0.05) is 0 Å². The number of hydrogen-bond acceptors (Lipinski definition) is 4. The fraction of sp³-hybridized carbons (Fsp3) is 0.900. The molecular weight excluding hydrogens is 242 g/mol. The molecule has 1 saturated heterocycles. The number of hydrogen-bond donors (Lipinski definition) is 1. The summed E-state index contributed by atoms with van der Waals surface area (Å²) in [5, 5.41) is 0. The lowest BCUT2D eigenvalue weighted by molar-refractivity contribution is -0.134. The molecule has 0 aromatic rings. The third kappa shape index (κ3) is 3.17. The van der Waals surface area contributed by atoms with E-state index in [-0.39, 0.29) is 18.5 Å². The van der Waals surface area contributed by atoms with Crippen LogP contribution in [0.5, 0.6) is 0 Å². The van der Waals surface area contributed by atoms with Crippen LogP contribution < -0.4 is 5.73 Å². The molecule has 0 aromatic heterocycles. The highest BCUT2D eigenvalue weighted by Gasteiger charge is 2.41. The predicted octanol–water partition coefficient (Wildman–Crippen LogP) is -0.784. The van der Waals surface area contributed by atoms with E-state index in [0.29, 0.717) is 19.5 Å². The third-order valence-corrected chi connectivity index (χ3v) is 4.33. The number of likely N-dealkylation sites (N-methyl/N-ethyl adjacent to an activating group) is 1. The highest BCUT2D eigenvalue weighted by molar-refractivity contribution is 7.88. The van der Waals surface area contributed by atoms with Crippen molar-refractivity contribution in [3.63, 3.8) is 0 Å². The van der Waals surface area contributed by atoms with E-state index >= 15 is 0 Å². The van der Waals surface area contributed by atoms with E-state index in [4.69, 9.17) is 5.73 Å². The van der Waals surface area contributed by atoms with Crippen molar-refractivity contribution in [3.05, 3.63) is 0 Å². The van der Waals surface area contributed by atoms with Gasteiger partial charge in [-0.3, -0.25) is 4.79 Å². The summed E-state index contributed by atoms with van der Waals surface area (Å²) in [6, 6.07) is -0.880. The molecule has 17 heavy (non-hydrogen) atoms. The zero-order valence-corrected chi connectivity index (χ0v) is 11.4. The van der Waals surface area contributed by atoms with Gasteiger partial charge in [-0.2, -0.15) is 4.31 Å². The molecule has 2 atom stereocenters. The number of nitrogens with zero attached hydrogens (tertiary/aromatic N) is 2. The van der Waals surface area contributed by atoms with Gasteiger partial charge in [0.15, 0.2) is 0 Å². The summed E-state index contributed by atoms with van der Waals surface area (Å²) >= 11 is 0. The van der Waals surface area contributed by atoms with Gasteiger partial charge in [0.05, 0.1) is 6.26 Å². The van der Waals surface area contributed by atoms with E-state index in [1.807, 2.05) is 13.8 Å². The number of rotatable bonds is 4. The van der Waals surface area contributed by atoms with E-state index in [1.165, 1.54) is 4.31 Å². The van der Waals surface area contributed by atoms with Crippen LogP contribution in [0.15, 0.2) is 0 Å². The molecule has 0 spiro atoms. The summed E-state index contributed by atoms with van der Waals surface area (Å²) < 4.78 is 24.4. The Hall–Kier alpha value is -0.660. The van der Waals surface area contributed by atoms with E-state index in [0.717, 1.165) is 6.26 Å². The second kappa shape index (κ2) is 5.32. The molecule has 1 fully saturated rings. The van der Waals surface area contributed by atoms with Gasteiger partial charge in [0, 0.05) is 25.7 Å². The second-order valence-corrected chi connectivity index (χ2v) is 6.29. The molecule has 100 valence electrons. The molecule has 0 unspecified atom stereocenters. The van der Waals surface area contributed by atoms with E-state index in [1.54, 1.807) is 4.90 Å². The lowest BCUT2D eigenvalue weighted by Crippen LogP contribution is -2.47. The van der Waals surface area contributed by atoms with Crippen molar-refractivity contribution >= 4 is 15.9 Å². The molecule has 1 amide bonds. The van der Waals surface area contributed by atoms with Crippen LogP contribution in [0.3, 0.4) is 0 Å². The average Bonchev–Trinajstić information content (AvgIpc) is 2.61. The van der Waals surface area contributed by atoms with Crippen LogP contribution in [-0.4, -0.2) is 61.5 Å². The average molecular weight is 263 g/mol. The summed E-state index contributed by atoms with van der Waals surface area (Å²) in [5.74, 6) is -0.145. The van der Waals surface area contributed by atoms with Crippen LogP contribution in [0.1, 0.15) is 20.3 Å². The first-order chi connectivity index (χ1) is 7.81. The van der Waals surface area contributed by atoms with E-state index < -0.39 is 16.1 Å². The SMILES string of the molecule is CCN(CC)C(=O)[C@@H]1C[C@H](N)CN1S(C)(=O)=O. The zero-order chi connectivity index (χ0) is 13.2. The summed E-state index contributed by atoms with van der Waals surface area (Å²) in [7, 11) is -3.37. The van der Waals surface area contributed by atoms with Crippen molar-refractivity contribution < 1.29 is 13.2 Å². The number of sulfonamides is 1. The maximum Gasteiger partial charge on any atom is 0.241 e. The van der Waals surface area contributed by atoms with Gasteiger partial charge in [-0.05, 0) is 20.3 Å². The Labute approximate surface area is 103 Å². The van der Waals surface area contributed by atoms with Crippen molar-refractivity contribution in [2.75, 3.05) is 25.9 Å². The van der Waals surface area contributed by atoms with E-state index in [9.17, 15) is 13.2 Å². The molecule has 0 radical (unpaired) electrons. The standard InChI is InChI=1S/C10H21N3O3S/c1-4-12(5-2)10(14)9-6-8(11)7-13(9)17(3,15)16/h8-9H,4-7,11H2,1-3H3/t8-,9-/m0/s1. The van der Waals surface area contributed by atoms with Crippen molar-refractivity contribution in [2.24, 2.45) is 5.73 Å². The Balaban J connectivity index is 2.91. The summed E-state index contributed by atoms with van der Waals surface area (Å²) in [6.07, 6.45) is 1.52. The lowest BCUT2D eigenvalue weighted by Gasteiger charge is -2.27. The maximum atomic E-state index is 12.2. The molecule has 1 heterocycles. The van der Waals surface area contributed by atoms with Crippen molar-refractivity contribution in [3.8, 4) is 0 Å². The van der Waals surface area contributed by atoms with Crippen LogP contribution in [0.25, 0.3) is 0 Å². The largest absolute Gasteiger partial charge is 0.342 e. The Bertz CT molecular complexity index is 378. The number of amides is 1. The van der Waals surface area contributed by atoms with Crippen LogP contribution in [0.2, 0.25) is 0 Å². The van der Waals surface area contributed by atoms with E-state index in [2.05, 4.69) is 0 Å². The summed E-state index contributed by atoms with van der Waals surface area (Å²) in [5.41, 5.74) is 5.76. The lowest BCUT2D eigenvalue weighted by atomic mass is 10.1. The van der Waals surface area contributed by atoms with Gasteiger partial charge in [0.1, 0.15) is 6.04 Å². The minimum absolute atomic E-state index is 0.145. The number of carbonyl (C=O) groups is 1. The summed E-state index contributed by atoms with van der Waals surface area (Å²) in [6.45, 7) is 5.15. The van der Waals surface area contributed by atoms with Crippen molar-refractivity contribution in [2.45, 2.75) is 32.4 Å². The van der Waals surface area contributed by atoms with Gasteiger partial charge >= 0.3 is 0 Å². The highest BCUT2D eigenvalue weighted by atomic mass is 32.2. The molecule has 1 aliphatic heterocycles. The molecule has 6 nitrogen and oxygen atoms in total. The first-order valence-electron chi connectivity index (χ1n) is 5.82. The minimum atomic E-state index is -3.37. The second-order valence-electron chi connectivity index (χ2n) is 4.35. The maximum absolute atomic E-state index is 12.2. The van der Waals surface area contributed by atoms with Crippen molar-refractivity contribution in [1.29, 1.82) is 0 Å². The quantitative estimate of drug-likeness (QED) is 0.721. The Morgan fingerprint density at radius 1 is 1.41 bits per heavy atom. The van der Waals surface area contributed by atoms with Gasteiger partial charge in [0.25, 0.3) is 0 Å². The predicted molar refractivity (Wildman–Crippen MR) is 65.9 cm³/mol. The van der Waals surface area contributed by atoms with Crippen LogP contribution in [-0.2, 0) is 14.8 Å². The van der Waals surface area contributed by atoms with Gasteiger partial charge < -0.3 is 10.6 Å². The Morgan fingerprint density at radius 2 is 1.94 bits per heavy atom. The normalized spacial score (nSPS) is 26.1. The molecule has 0 saturated carbocycles. The fourth-order valence-corrected chi connectivity index (χ4v) is 3.27. The zero-order valence-electron chi connectivity index (χ0n) is 10.6. The molecule has 1 aliphatic rings. The molecule has 0 aliphatic carbocycles. The van der Waals surface area contributed by atoms with Crippen LogP contribution in [0, 0.1) is 0 Å². The molecule has 0 aromatic carbocycles. The number of nitrogens with two attached hydrogens (primary N) is 1. The number of carbonyl (C=O) groups excluding carboxylic acids is 1. The van der Waals surface area contributed by atoms with Gasteiger partial charge in [-0.25, -0.2) is 8.42 Å². The highest BCUT2D eigenvalue weighted by Crippen LogP contribution is 2.21. The minimum Gasteiger partial charge on any atom is -0.342 e. The third-order valence-electron chi connectivity index (χ3n) is 3.07. The molecular formula is C10H21N3O3S. The van der Waals surface area contributed by atoms with Crippen LogP contribution >= 0.6 is 0 Å². The Kier molecular flexibility index (Phi) is 4.51. The first kappa shape index (κ1) is 14.4. The molecule has 1 rings (SSSR count). The van der Waals surface area contributed by atoms with Gasteiger partial charge in [-0.15, -0.1) is 0 Å². The molecule has 0 bridgehead atoms. The Morgan fingerprint density at radius 3 is 2.35 bits per heavy atom. The van der Waals surface area contributed by atoms with Gasteiger partial charge in [0.2, 0.25) is 15.9 Å². The topological polar surface area (TPSA) is 83.7 Å². The first-order valence-corrected chi connectivity index (χ1v) is 7.67. The fourth-order valence-electron chi connectivity index (χ4n) is 2.17. The smallest absolute Gasteiger partial charge is 0.241 e. The monoisotopic (exact) mass is 263 g/mol. The molecule has 7 heteroatoms. The van der Waals surface area contributed by atoms with Crippen LogP contribution in [0.4, 0.5) is 0 Å². The van der Waals surface area contributed by atoms with Crippen molar-refractivity contribution in [1.82, 2.24) is 9.21 Å². The summed E-state index contributed by atoms with van der Waals surface area (Å²) in [4.78, 5) is 13.8. The molecule has 2 N–H and O–H groups in total.